The van der Waals surface area contributed by atoms with Crippen molar-refractivity contribution in [3.05, 3.63) is 132 Å². The lowest BCUT2D eigenvalue weighted by Gasteiger charge is -2.20. The Morgan fingerprint density at radius 1 is 0.718 bits per heavy atom. The molecular weight excluding hydrogens is 484 g/mol. The number of carbonyl (C=O) groups is 3. The highest BCUT2D eigenvalue weighted by Crippen LogP contribution is 2.21. The lowest BCUT2D eigenvalue weighted by atomic mass is 10.1. The maximum atomic E-state index is 12.4. The summed E-state index contributed by atoms with van der Waals surface area (Å²) in [5, 5.41) is 2.23. The second-order valence-electron chi connectivity index (χ2n) is 8.24. The van der Waals surface area contributed by atoms with Gasteiger partial charge < -0.3 is 10.2 Å². The number of amides is 2. The predicted octanol–water partition coefficient (Wildman–Crippen LogP) is 7.79. The molecule has 39 heavy (non-hydrogen) atoms. The van der Waals surface area contributed by atoms with Crippen LogP contribution >= 0.6 is 0 Å². The molecule has 5 heteroatoms. The van der Waals surface area contributed by atoms with Gasteiger partial charge in [0, 0.05) is 30.1 Å². The number of aldehydes is 1. The van der Waals surface area contributed by atoms with Crippen molar-refractivity contribution in [3.63, 3.8) is 0 Å². The fraction of sp³-hybridized carbons (Fsp3) is 0.206. The molecule has 0 aliphatic carbocycles. The van der Waals surface area contributed by atoms with Crippen LogP contribution in [0.4, 0.5) is 0 Å². The normalized spacial score (nSPS) is 10.4. The van der Waals surface area contributed by atoms with Crippen LogP contribution in [-0.2, 0) is 9.59 Å². The molecule has 0 heterocycles. The van der Waals surface area contributed by atoms with Crippen molar-refractivity contribution in [1.29, 1.82) is 0 Å². The molecule has 0 atom stereocenters. The van der Waals surface area contributed by atoms with Gasteiger partial charge in [-0.3, -0.25) is 14.4 Å². The summed E-state index contributed by atoms with van der Waals surface area (Å²) in [6.45, 7) is 15.5. The number of carbonyl (C=O) groups excluding carboxylic acids is 3. The van der Waals surface area contributed by atoms with E-state index in [1.807, 2.05) is 108 Å². The van der Waals surface area contributed by atoms with Crippen molar-refractivity contribution in [1.82, 2.24) is 10.2 Å². The Balaban J connectivity index is 0.000000630. The summed E-state index contributed by atoms with van der Waals surface area (Å²) in [6.07, 6.45) is 2.50. The van der Waals surface area contributed by atoms with Gasteiger partial charge >= 0.3 is 0 Å². The summed E-state index contributed by atoms with van der Waals surface area (Å²) < 4.78 is 0. The zero-order chi connectivity index (χ0) is 29.6. The van der Waals surface area contributed by atoms with Crippen LogP contribution in [0.3, 0.4) is 0 Å². The molecule has 3 aromatic carbocycles. The molecule has 5 nitrogen and oxygen atoms in total. The average Bonchev–Trinajstić information content (AvgIpc) is 3.01. The van der Waals surface area contributed by atoms with Crippen molar-refractivity contribution in [2.45, 2.75) is 41.5 Å². The number of rotatable bonds is 7. The van der Waals surface area contributed by atoms with Crippen LogP contribution < -0.4 is 5.32 Å². The molecule has 0 unspecified atom stereocenters. The van der Waals surface area contributed by atoms with Crippen molar-refractivity contribution in [2.75, 3.05) is 7.05 Å². The fourth-order valence-corrected chi connectivity index (χ4v) is 3.00. The minimum Gasteiger partial charge on any atom is -0.335 e. The monoisotopic (exact) mass is 526 g/mol. The van der Waals surface area contributed by atoms with Gasteiger partial charge in [0.05, 0.1) is 0 Å². The first kappa shape index (κ1) is 34.5. The lowest BCUT2D eigenvalue weighted by molar-refractivity contribution is -0.108. The molecule has 0 saturated carbocycles. The number of nitrogens with one attached hydrogen (secondary N) is 1. The molecule has 0 bridgehead atoms. The van der Waals surface area contributed by atoms with E-state index in [2.05, 4.69) is 36.2 Å². The van der Waals surface area contributed by atoms with Gasteiger partial charge in [0.1, 0.15) is 6.29 Å². The molecule has 0 aliphatic rings. The minimum atomic E-state index is 0.0124. The van der Waals surface area contributed by atoms with Crippen LogP contribution in [0.5, 0.6) is 0 Å². The van der Waals surface area contributed by atoms with Crippen LogP contribution in [0, 0.1) is 0 Å². The maximum Gasteiger partial charge on any atom is 0.257 e. The molecule has 0 aromatic heterocycles. The van der Waals surface area contributed by atoms with Gasteiger partial charge in [0.25, 0.3) is 5.91 Å². The summed E-state index contributed by atoms with van der Waals surface area (Å²) in [7, 11) is 1.82. The number of benzene rings is 3. The molecule has 0 spiro atoms. The van der Waals surface area contributed by atoms with Gasteiger partial charge in [-0.1, -0.05) is 105 Å². The third-order valence-corrected chi connectivity index (χ3v) is 5.41. The summed E-state index contributed by atoms with van der Waals surface area (Å²) in [5.41, 5.74) is 6.75. The van der Waals surface area contributed by atoms with E-state index < -0.39 is 0 Å². The van der Waals surface area contributed by atoms with Gasteiger partial charge in [0.2, 0.25) is 6.41 Å². The highest BCUT2D eigenvalue weighted by molar-refractivity contribution is 5.96. The standard InChI is InChI=1S/C18H19NO.C9H10.C5H7NO2.C2H6/c1-14(16-10-6-4-7-11-16)15(2)19(3)18(20)17-12-8-5-9-13-17;1-8(2)9-6-4-3-5-7-9;1-5(3-7)2-6-4-8;1-2/h4-13H,1-3H3;3-7H,1H2,2H3;2-4H,1H3,(H,6,8);1-2H3/b15-14-;;5-2-;. The van der Waals surface area contributed by atoms with Crippen molar-refractivity contribution >= 4 is 29.7 Å². The van der Waals surface area contributed by atoms with Gasteiger partial charge in [-0.15, -0.1) is 0 Å². The van der Waals surface area contributed by atoms with Crippen molar-refractivity contribution < 1.29 is 14.4 Å². The Bertz CT molecular complexity index is 1200. The average molecular weight is 527 g/mol. The Morgan fingerprint density at radius 2 is 1.13 bits per heavy atom. The smallest absolute Gasteiger partial charge is 0.257 e. The van der Waals surface area contributed by atoms with Gasteiger partial charge in [-0.2, -0.15) is 0 Å². The summed E-state index contributed by atoms with van der Waals surface area (Å²) in [5.74, 6) is 0.0124. The van der Waals surface area contributed by atoms with Crippen LogP contribution in [0.1, 0.15) is 63.0 Å². The predicted molar refractivity (Wildman–Crippen MR) is 165 cm³/mol. The second-order valence-corrected chi connectivity index (χ2v) is 8.24. The molecule has 3 aromatic rings. The van der Waals surface area contributed by atoms with E-state index in [1.165, 1.54) is 11.8 Å². The van der Waals surface area contributed by atoms with E-state index in [0.29, 0.717) is 23.8 Å². The van der Waals surface area contributed by atoms with Gasteiger partial charge in [0.15, 0.2) is 0 Å². The first-order valence-electron chi connectivity index (χ1n) is 12.8. The van der Waals surface area contributed by atoms with Crippen LogP contribution in [0.25, 0.3) is 11.1 Å². The molecule has 206 valence electrons. The van der Waals surface area contributed by atoms with E-state index in [-0.39, 0.29) is 5.91 Å². The van der Waals surface area contributed by atoms with Gasteiger partial charge in [-0.05, 0) is 56.5 Å². The molecular formula is C34H42N2O3. The largest absolute Gasteiger partial charge is 0.335 e. The molecule has 0 fully saturated rings. The van der Waals surface area contributed by atoms with E-state index in [0.717, 1.165) is 22.4 Å². The lowest BCUT2D eigenvalue weighted by Crippen LogP contribution is -2.25. The van der Waals surface area contributed by atoms with Crippen LogP contribution in [0.15, 0.2) is 115 Å². The molecule has 2 amide bonds. The van der Waals surface area contributed by atoms with E-state index in [4.69, 9.17) is 0 Å². The molecule has 0 radical (unpaired) electrons. The highest BCUT2D eigenvalue weighted by atomic mass is 16.2. The number of hydrogen-bond donors (Lipinski definition) is 1. The second kappa shape index (κ2) is 20.5. The van der Waals surface area contributed by atoms with Crippen molar-refractivity contribution in [3.8, 4) is 0 Å². The first-order chi connectivity index (χ1) is 18.7. The Kier molecular flexibility index (Phi) is 18.2. The third kappa shape index (κ3) is 13.6. The molecule has 0 saturated heterocycles. The molecule has 0 aliphatic heterocycles. The Hall–Kier alpha value is -4.51. The quantitative estimate of drug-likeness (QED) is 0.252. The zero-order valence-electron chi connectivity index (χ0n) is 24.3. The minimum absolute atomic E-state index is 0.0124. The highest BCUT2D eigenvalue weighted by Gasteiger charge is 2.14. The Labute approximate surface area is 234 Å². The van der Waals surface area contributed by atoms with Crippen LogP contribution in [0.2, 0.25) is 0 Å². The number of nitrogens with zero attached hydrogens (tertiary/aromatic N) is 1. The van der Waals surface area contributed by atoms with E-state index >= 15 is 0 Å². The topological polar surface area (TPSA) is 66.5 Å². The molecule has 1 N–H and O–H groups in total. The summed E-state index contributed by atoms with van der Waals surface area (Å²) in [4.78, 5) is 33.5. The maximum absolute atomic E-state index is 12.4. The van der Waals surface area contributed by atoms with Gasteiger partial charge in [-0.25, -0.2) is 0 Å². The van der Waals surface area contributed by atoms with E-state index in [1.54, 1.807) is 11.8 Å². The summed E-state index contributed by atoms with van der Waals surface area (Å²) >= 11 is 0. The summed E-state index contributed by atoms with van der Waals surface area (Å²) in [6, 6.07) is 29.6. The number of allylic oxidation sites excluding steroid dienone is 4. The fourth-order valence-electron chi connectivity index (χ4n) is 3.00. The first-order valence-corrected chi connectivity index (χ1v) is 12.8. The Morgan fingerprint density at radius 3 is 1.49 bits per heavy atom. The van der Waals surface area contributed by atoms with E-state index in [9.17, 15) is 14.4 Å². The third-order valence-electron chi connectivity index (χ3n) is 5.41. The zero-order valence-corrected chi connectivity index (χ0v) is 24.3. The number of hydrogen-bond acceptors (Lipinski definition) is 3. The molecule has 3 rings (SSSR count). The van der Waals surface area contributed by atoms with Crippen molar-refractivity contribution in [2.24, 2.45) is 0 Å². The van der Waals surface area contributed by atoms with Crippen LogP contribution in [-0.4, -0.2) is 30.6 Å². The SMILES string of the molecule is C/C(=C(\C)N(C)C(=O)c1ccccc1)c1ccccc1.C/C(C=O)=C/NC=O.C=C(C)c1ccccc1.CC.